The summed E-state index contributed by atoms with van der Waals surface area (Å²) >= 11 is 1.76. The summed E-state index contributed by atoms with van der Waals surface area (Å²) in [4.78, 5) is 11.8. The molecule has 1 saturated carbocycles. The number of nitrogens with zero attached hydrogens (tertiary/aromatic N) is 2. The van der Waals surface area contributed by atoms with Crippen molar-refractivity contribution in [2.45, 2.75) is 58.3 Å². The summed E-state index contributed by atoms with van der Waals surface area (Å²) in [6, 6.07) is 2.15. The van der Waals surface area contributed by atoms with Crippen LogP contribution in [0.5, 0.6) is 0 Å². The van der Waals surface area contributed by atoms with Crippen LogP contribution in [0.2, 0.25) is 0 Å². The van der Waals surface area contributed by atoms with Crippen LogP contribution in [0, 0.1) is 5.92 Å². The fourth-order valence-corrected chi connectivity index (χ4v) is 4.18. The van der Waals surface area contributed by atoms with Gasteiger partial charge < -0.3 is 5.73 Å². The molecule has 2 heterocycles. The van der Waals surface area contributed by atoms with Gasteiger partial charge in [0.1, 0.15) is 16.5 Å². The first kappa shape index (κ1) is 13.8. The maximum atomic E-state index is 6.14. The molecule has 2 aromatic rings. The lowest BCUT2D eigenvalue weighted by Gasteiger charge is -2.26. The Bertz CT molecular complexity index is 597. The first-order chi connectivity index (χ1) is 9.71. The van der Waals surface area contributed by atoms with E-state index < -0.39 is 0 Å². The van der Waals surface area contributed by atoms with Gasteiger partial charge in [0.05, 0.1) is 5.39 Å². The van der Waals surface area contributed by atoms with Crippen molar-refractivity contribution >= 4 is 27.4 Å². The van der Waals surface area contributed by atoms with E-state index in [1.807, 2.05) is 0 Å². The Balaban J connectivity index is 1.88. The lowest BCUT2D eigenvalue weighted by molar-refractivity contribution is 0.312. The van der Waals surface area contributed by atoms with E-state index in [0.717, 1.165) is 28.4 Å². The molecule has 0 unspecified atom stereocenters. The number of nitrogen functional groups attached to an aromatic ring is 1. The van der Waals surface area contributed by atoms with Crippen LogP contribution in [0.4, 0.5) is 5.82 Å². The third-order valence-corrected chi connectivity index (χ3v) is 5.80. The lowest BCUT2D eigenvalue weighted by Crippen LogP contribution is -2.15. The van der Waals surface area contributed by atoms with Crippen molar-refractivity contribution in [3.63, 3.8) is 0 Å². The monoisotopic (exact) mass is 289 g/mol. The van der Waals surface area contributed by atoms with Gasteiger partial charge in [0, 0.05) is 10.8 Å². The minimum absolute atomic E-state index is 0.511. The molecule has 1 fully saturated rings. The van der Waals surface area contributed by atoms with Gasteiger partial charge in [0.25, 0.3) is 0 Å². The van der Waals surface area contributed by atoms with Gasteiger partial charge in [-0.25, -0.2) is 9.97 Å². The SMILES string of the molecule is CCc1cc2c(N)nc(C3CCC(CC)CC3)nc2s1. The molecule has 2 aromatic heterocycles. The van der Waals surface area contributed by atoms with Crippen LogP contribution >= 0.6 is 11.3 Å². The van der Waals surface area contributed by atoms with Gasteiger partial charge in [-0.1, -0.05) is 20.3 Å². The highest BCUT2D eigenvalue weighted by Gasteiger charge is 2.24. The van der Waals surface area contributed by atoms with Crippen LogP contribution in [0.15, 0.2) is 6.07 Å². The van der Waals surface area contributed by atoms with Crippen LogP contribution in [0.1, 0.15) is 62.6 Å². The van der Waals surface area contributed by atoms with E-state index in [2.05, 4.69) is 24.9 Å². The van der Waals surface area contributed by atoms with Crippen molar-refractivity contribution in [1.82, 2.24) is 9.97 Å². The van der Waals surface area contributed by atoms with Crippen LogP contribution in [0.25, 0.3) is 10.2 Å². The van der Waals surface area contributed by atoms with E-state index >= 15 is 0 Å². The number of hydrogen-bond acceptors (Lipinski definition) is 4. The quantitative estimate of drug-likeness (QED) is 0.903. The van der Waals surface area contributed by atoms with Gasteiger partial charge in [0.15, 0.2) is 0 Å². The molecule has 0 saturated heterocycles. The second kappa shape index (κ2) is 5.68. The van der Waals surface area contributed by atoms with E-state index in [1.54, 1.807) is 11.3 Å². The molecular weight excluding hydrogens is 266 g/mol. The summed E-state index contributed by atoms with van der Waals surface area (Å²) in [6.45, 7) is 4.46. The molecular formula is C16H23N3S. The number of nitrogens with two attached hydrogens (primary N) is 1. The van der Waals surface area contributed by atoms with E-state index in [4.69, 9.17) is 10.7 Å². The molecule has 0 bridgehead atoms. The average Bonchev–Trinajstić information content (AvgIpc) is 2.91. The lowest BCUT2D eigenvalue weighted by atomic mass is 9.80. The zero-order chi connectivity index (χ0) is 14.1. The third-order valence-electron chi connectivity index (χ3n) is 4.63. The predicted molar refractivity (Wildman–Crippen MR) is 86.2 cm³/mol. The molecule has 0 aliphatic heterocycles. The average molecular weight is 289 g/mol. The number of hydrogen-bond donors (Lipinski definition) is 1. The number of rotatable bonds is 3. The van der Waals surface area contributed by atoms with Crippen molar-refractivity contribution in [3.8, 4) is 0 Å². The molecule has 0 aromatic carbocycles. The van der Waals surface area contributed by atoms with Crippen molar-refractivity contribution in [3.05, 3.63) is 16.8 Å². The minimum Gasteiger partial charge on any atom is -0.383 e. The first-order valence-electron chi connectivity index (χ1n) is 7.77. The maximum absolute atomic E-state index is 6.14. The summed E-state index contributed by atoms with van der Waals surface area (Å²) < 4.78 is 0. The van der Waals surface area contributed by atoms with Gasteiger partial charge in [-0.05, 0) is 44.1 Å². The highest BCUT2D eigenvalue weighted by atomic mass is 32.1. The van der Waals surface area contributed by atoms with Gasteiger partial charge >= 0.3 is 0 Å². The zero-order valence-corrected chi connectivity index (χ0v) is 13.2. The number of aryl methyl sites for hydroxylation is 1. The fourth-order valence-electron chi connectivity index (χ4n) is 3.20. The van der Waals surface area contributed by atoms with Crippen LogP contribution in [0.3, 0.4) is 0 Å². The molecule has 0 atom stereocenters. The van der Waals surface area contributed by atoms with Crippen LogP contribution < -0.4 is 5.73 Å². The Morgan fingerprint density at radius 1 is 1.20 bits per heavy atom. The molecule has 0 amide bonds. The Hall–Kier alpha value is -1.16. The zero-order valence-electron chi connectivity index (χ0n) is 12.4. The fraction of sp³-hybridized carbons (Fsp3) is 0.625. The first-order valence-corrected chi connectivity index (χ1v) is 8.58. The smallest absolute Gasteiger partial charge is 0.135 e. The van der Waals surface area contributed by atoms with Crippen molar-refractivity contribution in [1.29, 1.82) is 0 Å². The van der Waals surface area contributed by atoms with Crippen LogP contribution in [-0.2, 0) is 6.42 Å². The number of aromatic nitrogens is 2. The van der Waals surface area contributed by atoms with Gasteiger partial charge in [-0.3, -0.25) is 0 Å². The molecule has 1 aliphatic carbocycles. The number of fused-ring (bicyclic) bond motifs is 1. The Labute approximate surface area is 124 Å². The Morgan fingerprint density at radius 2 is 1.95 bits per heavy atom. The molecule has 0 spiro atoms. The van der Waals surface area contributed by atoms with Crippen LogP contribution in [-0.4, -0.2) is 9.97 Å². The largest absolute Gasteiger partial charge is 0.383 e. The van der Waals surface area contributed by atoms with E-state index in [0.29, 0.717) is 11.7 Å². The molecule has 108 valence electrons. The Kier molecular flexibility index (Phi) is 3.92. The highest BCUT2D eigenvalue weighted by Crippen LogP contribution is 2.37. The highest BCUT2D eigenvalue weighted by molar-refractivity contribution is 7.18. The molecule has 0 radical (unpaired) electrons. The number of thiophene rings is 1. The van der Waals surface area contributed by atoms with E-state index in [9.17, 15) is 0 Å². The topological polar surface area (TPSA) is 51.8 Å². The third kappa shape index (κ3) is 2.53. The predicted octanol–water partition coefficient (Wildman–Crippen LogP) is 4.52. The summed E-state index contributed by atoms with van der Waals surface area (Å²) in [5, 5.41) is 1.04. The van der Waals surface area contributed by atoms with Gasteiger partial charge in [-0.2, -0.15) is 0 Å². The molecule has 1 aliphatic rings. The van der Waals surface area contributed by atoms with E-state index in [-0.39, 0.29) is 0 Å². The molecule has 3 rings (SSSR count). The van der Waals surface area contributed by atoms with E-state index in [1.165, 1.54) is 37.0 Å². The van der Waals surface area contributed by atoms with Crippen molar-refractivity contribution in [2.24, 2.45) is 5.92 Å². The van der Waals surface area contributed by atoms with Crippen molar-refractivity contribution in [2.75, 3.05) is 5.73 Å². The summed E-state index contributed by atoms with van der Waals surface area (Å²) in [7, 11) is 0. The van der Waals surface area contributed by atoms with Gasteiger partial charge in [-0.15, -0.1) is 11.3 Å². The summed E-state index contributed by atoms with van der Waals surface area (Å²) in [5.74, 6) is 3.06. The standard InChI is InChI=1S/C16H23N3S/c1-3-10-5-7-11(8-6-10)15-18-14(17)13-9-12(4-2)20-16(13)19-15/h9-11H,3-8H2,1-2H3,(H2,17,18,19). The summed E-state index contributed by atoms with van der Waals surface area (Å²) in [6.07, 6.45) is 7.40. The van der Waals surface area contributed by atoms with Gasteiger partial charge in [0.2, 0.25) is 0 Å². The summed E-state index contributed by atoms with van der Waals surface area (Å²) in [5.41, 5.74) is 6.14. The second-order valence-corrected chi connectivity index (χ2v) is 6.99. The maximum Gasteiger partial charge on any atom is 0.135 e. The normalized spacial score (nSPS) is 23.3. The molecule has 2 N–H and O–H groups in total. The van der Waals surface area contributed by atoms with Crippen molar-refractivity contribution < 1.29 is 0 Å². The second-order valence-electron chi connectivity index (χ2n) is 5.88. The molecule has 3 nitrogen and oxygen atoms in total. The number of anilines is 1. The Morgan fingerprint density at radius 3 is 2.60 bits per heavy atom. The molecule has 20 heavy (non-hydrogen) atoms. The minimum atomic E-state index is 0.511. The molecule has 4 heteroatoms.